The first-order valence-corrected chi connectivity index (χ1v) is 8.21. The topological polar surface area (TPSA) is 46.9 Å². The number of rotatable bonds is 4. The third kappa shape index (κ3) is 3.55. The number of halogens is 3. The molecule has 1 saturated carbocycles. The van der Waals surface area contributed by atoms with E-state index in [4.69, 9.17) is 0 Å². The molecule has 1 N–H and O–H groups in total. The van der Waals surface area contributed by atoms with Crippen LogP contribution >= 0.6 is 0 Å². The van der Waals surface area contributed by atoms with Gasteiger partial charge in [0.25, 0.3) is 0 Å². The van der Waals surface area contributed by atoms with Crippen molar-refractivity contribution in [1.82, 2.24) is 15.1 Å². The average molecular weight is 351 g/mol. The van der Waals surface area contributed by atoms with Crippen molar-refractivity contribution in [2.45, 2.75) is 39.4 Å². The Kier molecular flexibility index (Phi) is 4.34. The zero-order valence-corrected chi connectivity index (χ0v) is 14.3. The minimum absolute atomic E-state index is 0.0196. The van der Waals surface area contributed by atoms with E-state index in [1.54, 1.807) is 19.2 Å². The number of carbonyl (C=O) groups is 1. The number of benzene rings is 1. The second-order valence-corrected chi connectivity index (χ2v) is 6.69. The maximum absolute atomic E-state index is 12.9. The molecule has 1 fully saturated rings. The highest BCUT2D eigenvalue weighted by atomic mass is 19.4. The van der Waals surface area contributed by atoms with Crippen LogP contribution in [0.5, 0.6) is 0 Å². The molecule has 0 radical (unpaired) electrons. The number of aromatic nitrogens is 2. The van der Waals surface area contributed by atoms with Crippen molar-refractivity contribution in [3.63, 3.8) is 0 Å². The molecule has 3 atom stereocenters. The number of hydrogen-bond donors (Lipinski definition) is 1. The van der Waals surface area contributed by atoms with Gasteiger partial charge in [0.2, 0.25) is 5.91 Å². The smallest absolute Gasteiger partial charge is 0.349 e. The van der Waals surface area contributed by atoms with E-state index in [1.165, 1.54) is 10.7 Å². The molecule has 4 nitrogen and oxygen atoms in total. The summed E-state index contributed by atoms with van der Waals surface area (Å²) in [6.07, 6.45) is -1.90. The van der Waals surface area contributed by atoms with Crippen molar-refractivity contribution in [1.29, 1.82) is 0 Å². The average Bonchev–Trinajstić information content (AvgIpc) is 3.14. The zero-order chi connectivity index (χ0) is 18.4. The molecule has 1 aromatic heterocycles. The summed E-state index contributed by atoms with van der Waals surface area (Å²) in [5.41, 5.74) is 1.12. The Hall–Kier alpha value is -2.31. The van der Waals surface area contributed by atoms with Crippen LogP contribution < -0.4 is 5.32 Å². The molecule has 0 bridgehead atoms. The zero-order valence-electron chi connectivity index (χ0n) is 14.3. The Bertz CT molecular complexity index is 797. The molecule has 1 aliphatic rings. The van der Waals surface area contributed by atoms with E-state index in [-0.39, 0.29) is 17.9 Å². The summed E-state index contributed by atoms with van der Waals surface area (Å²) >= 11 is 0. The molecule has 1 heterocycles. The summed E-state index contributed by atoms with van der Waals surface area (Å²) < 4.78 is 40.2. The van der Waals surface area contributed by atoms with Gasteiger partial charge in [-0.1, -0.05) is 13.0 Å². The summed E-state index contributed by atoms with van der Waals surface area (Å²) in [5, 5.41) is 7.17. The van der Waals surface area contributed by atoms with Gasteiger partial charge in [0, 0.05) is 17.2 Å². The van der Waals surface area contributed by atoms with Crippen molar-refractivity contribution in [3.05, 3.63) is 47.3 Å². The SMILES string of the molecule is Cc1c(C(C)NC(=O)C2CC2C)cnn1-c1cccc(C(F)(F)F)c1. The lowest BCUT2D eigenvalue weighted by atomic mass is 10.1. The molecule has 134 valence electrons. The van der Waals surface area contributed by atoms with Crippen LogP contribution in [0, 0.1) is 18.8 Å². The van der Waals surface area contributed by atoms with Gasteiger partial charge in [-0.15, -0.1) is 0 Å². The number of nitrogens with zero attached hydrogens (tertiary/aromatic N) is 2. The molecule has 1 aromatic carbocycles. The maximum Gasteiger partial charge on any atom is 0.416 e. The summed E-state index contributed by atoms with van der Waals surface area (Å²) in [7, 11) is 0. The van der Waals surface area contributed by atoms with Crippen molar-refractivity contribution in [3.8, 4) is 5.69 Å². The molecule has 3 unspecified atom stereocenters. The number of carbonyl (C=O) groups excluding carboxylic acids is 1. The first-order valence-electron chi connectivity index (χ1n) is 8.21. The van der Waals surface area contributed by atoms with Crippen LogP contribution in [0.25, 0.3) is 5.69 Å². The normalized spacial score (nSPS) is 21.0. The van der Waals surface area contributed by atoms with Crippen LogP contribution in [0.2, 0.25) is 0 Å². The third-order valence-corrected chi connectivity index (χ3v) is 4.74. The lowest BCUT2D eigenvalue weighted by Gasteiger charge is -2.14. The highest BCUT2D eigenvalue weighted by molar-refractivity contribution is 5.81. The molecule has 25 heavy (non-hydrogen) atoms. The van der Waals surface area contributed by atoms with Crippen LogP contribution in [0.3, 0.4) is 0 Å². The van der Waals surface area contributed by atoms with Gasteiger partial charge in [-0.25, -0.2) is 4.68 Å². The molecule has 0 aliphatic heterocycles. The first-order chi connectivity index (χ1) is 11.7. The molecule has 1 aliphatic carbocycles. The fourth-order valence-electron chi connectivity index (χ4n) is 3.01. The highest BCUT2D eigenvalue weighted by Gasteiger charge is 2.39. The largest absolute Gasteiger partial charge is 0.416 e. The van der Waals surface area contributed by atoms with Gasteiger partial charge < -0.3 is 5.32 Å². The monoisotopic (exact) mass is 351 g/mol. The Balaban J connectivity index is 1.82. The number of alkyl halides is 3. The predicted molar refractivity (Wildman–Crippen MR) is 87.1 cm³/mol. The minimum atomic E-state index is -4.40. The molecule has 7 heteroatoms. The lowest BCUT2D eigenvalue weighted by Crippen LogP contribution is -2.28. The standard InChI is InChI=1S/C18H20F3N3O/c1-10-7-15(10)17(25)23-11(2)16-9-22-24(12(16)3)14-6-4-5-13(8-14)18(19,20)21/h4-6,8-11,15H,7H2,1-3H3,(H,23,25). The van der Waals surface area contributed by atoms with Crippen molar-refractivity contribution < 1.29 is 18.0 Å². The number of hydrogen-bond acceptors (Lipinski definition) is 2. The Morgan fingerprint density at radius 1 is 1.40 bits per heavy atom. The predicted octanol–water partition coefficient (Wildman–Crippen LogP) is 4.03. The summed E-state index contributed by atoms with van der Waals surface area (Å²) in [6, 6.07) is 4.79. The second kappa shape index (κ2) is 6.20. The highest BCUT2D eigenvalue weighted by Crippen LogP contribution is 2.38. The van der Waals surface area contributed by atoms with Crippen LogP contribution in [0.15, 0.2) is 30.5 Å². The molecular formula is C18H20F3N3O. The van der Waals surface area contributed by atoms with Gasteiger partial charge in [-0.05, 0) is 44.4 Å². The van der Waals surface area contributed by atoms with Gasteiger partial charge in [0.05, 0.1) is 23.5 Å². The molecular weight excluding hydrogens is 331 g/mol. The van der Waals surface area contributed by atoms with E-state index < -0.39 is 11.7 Å². The van der Waals surface area contributed by atoms with E-state index in [9.17, 15) is 18.0 Å². The molecule has 0 saturated heterocycles. The number of amides is 1. The van der Waals surface area contributed by atoms with Gasteiger partial charge in [0.15, 0.2) is 0 Å². The molecule has 3 rings (SSSR count). The maximum atomic E-state index is 12.9. The van der Waals surface area contributed by atoms with Gasteiger partial charge in [-0.3, -0.25) is 4.79 Å². The lowest BCUT2D eigenvalue weighted by molar-refractivity contribution is -0.137. The van der Waals surface area contributed by atoms with Gasteiger partial charge in [0.1, 0.15) is 0 Å². The summed E-state index contributed by atoms with van der Waals surface area (Å²) in [4.78, 5) is 12.1. The van der Waals surface area contributed by atoms with Gasteiger partial charge >= 0.3 is 6.18 Å². The van der Waals surface area contributed by atoms with E-state index >= 15 is 0 Å². The van der Waals surface area contributed by atoms with Crippen LogP contribution in [-0.2, 0) is 11.0 Å². The van der Waals surface area contributed by atoms with Crippen molar-refractivity contribution in [2.24, 2.45) is 11.8 Å². The Labute approximate surface area is 144 Å². The van der Waals surface area contributed by atoms with Crippen molar-refractivity contribution in [2.75, 3.05) is 0 Å². The second-order valence-electron chi connectivity index (χ2n) is 6.69. The van der Waals surface area contributed by atoms with E-state index in [0.717, 1.165) is 24.1 Å². The van der Waals surface area contributed by atoms with Gasteiger partial charge in [-0.2, -0.15) is 18.3 Å². The van der Waals surface area contributed by atoms with Crippen LogP contribution in [0.4, 0.5) is 13.2 Å². The van der Waals surface area contributed by atoms with E-state index in [2.05, 4.69) is 10.4 Å². The summed E-state index contributed by atoms with van der Waals surface area (Å²) in [6.45, 7) is 5.67. The van der Waals surface area contributed by atoms with E-state index in [1.807, 2.05) is 13.8 Å². The Morgan fingerprint density at radius 2 is 2.08 bits per heavy atom. The van der Waals surface area contributed by atoms with Crippen LogP contribution in [0.1, 0.15) is 43.1 Å². The fraction of sp³-hybridized carbons (Fsp3) is 0.444. The summed E-state index contributed by atoms with van der Waals surface area (Å²) in [5.74, 6) is 0.508. The first kappa shape index (κ1) is 17.5. The van der Waals surface area contributed by atoms with E-state index in [0.29, 0.717) is 17.3 Å². The van der Waals surface area contributed by atoms with Crippen molar-refractivity contribution >= 4 is 5.91 Å². The fourth-order valence-corrected chi connectivity index (χ4v) is 3.01. The quantitative estimate of drug-likeness (QED) is 0.904. The molecule has 0 spiro atoms. The van der Waals surface area contributed by atoms with Crippen LogP contribution in [-0.4, -0.2) is 15.7 Å². The molecule has 1 amide bonds. The minimum Gasteiger partial charge on any atom is -0.349 e. The Morgan fingerprint density at radius 3 is 2.68 bits per heavy atom. The molecule has 2 aromatic rings. The number of nitrogens with one attached hydrogen (secondary N) is 1. The third-order valence-electron chi connectivity index (χ3n) is 4.74.